The Morgan fingerprint density at radius 1 is 1.50 bits per heavy atom. The van der Waals surface area contributed by atoms with Gasteiger partial charge in [0.2, 0.25) is 0 Å². The van der Waals surface area contributed by atoms with Crippen molar-refractivity contribution in [2.24, 2.45) is 0 Å². The van der Waals surface area contributed by atoms with E-state index in [4.69, 9.17) is 11.6 Å². The third-order valence-electron chi connectivity index (χ3n) is 3.20. The number of benzene rings is 1. The van der Waals surface area contributed by atoms with Gasteiger partial charge in [0, 0.05) is 23.8 Å². The van der Waals surface area contributed by atoms with Crippen molar-refractivity contribution in [3.05, 3.63) is 28.8 Å². The van der Waals surface area contributed by atoms with Crippen LogP contribution >= 0.6 is 11.6 Å². The quantitative estimate of drug-likeness (QED) is 0.858. The molecule has 16 heavy (non-hydrogen) atoms. The molecule has 0 aliphatic carbocycles. The SMILES string of the molecule is CN1c2cccc(Cl)c2CC1CC(C)(C)O. The van der Waals surface area contributed by atoms with Gasteiger partial charge in [0.1, 0.15) is 0 Å². The molecule has 1 unspecified atom stereocenters. The second-order valence-corrected chi connectivity index (χ2v) is 5.63. The van der Waals surface area contributed by atoms with Gasteiger partial charge in [-0.1, -0.05) is 17.7 Å². The lowest BCUT2D eigenvalue weighted by Gasteiger charge is -2.28. The molecule has 88 valence electrons. The van der Waals surface area contributed by atoms with Crippen LogP contribution in [0.3, 0.4) is 0 Å². The van der Waals surface area contributed by atoms with Crippen LogP contribution in [-0.4, -0.2) is 23.8 Å². The van der Waals surface area contributed by atoms with Crippen LogP contribution in [0.15, 0.2) is 18.2 Å². The molecular formula is C13H18ClNO. The molecule has 1 aromatic carbocycles. The summed E-state index contributed by atoms with van der Waals surface area (Å²) in [5.74, 6) is 0. The van der Waals surface area contributed by atoms with Gasteiger partial charge in [-0.05, 0) is 44.4 Å². The first-order chi connectivity index (χ1) is 7.38. The van der Waals surface area contributed by atoms with Crippen LogP contribution in [0.4, 0.5) is 5.69 Å². The second kappa shape index (κ2) is 3.94. The van der Waals surface area contributed by atoms with E-state index >= 15 is 0 Å². The molecular weight excluding hydrogens is 222 g/mol. The van der Waals surface area contributed by atoms with Crippen LogP contribution in [0, 0.1) is 0 Å². The highest BCUT2D eigenvalue weighted by Crippen LogP contribution is 2.37. The molecule has 1 aliphatic rings. The lowest BCUT2D eigenvalue weighted by atomic mass is 9.96. The lowest BCUT2D eigenvalue weighted by Crippen LogP contribution is -2.35. The van der Waals surface area contributed by atoms with Crippen molar-refractivity contribution in [2.75, 3.05) is 11.9 Å². The molecule has 0 fully saturated rings. The monoisotopic (exact) mass is 239 g/mol. The number of nitrogens with zero attached hydrogens (tertiary/aromatic N) is 1. The minimum Gasteiger partial charge on any atom is -0.390 e. The molecule has 2 nitrogen and oxygen atoms in total. The Labute approximate surface area is 102 Å². The number of halogens is 1. The van der Waals surface area contributed by atoms with Crippen LogP contribution in [0.5, 0.6) is 0 Å². The summed E-state index contributed by atoms with van der Waals surface area (Å²) in [6.45, 7) is 3.71. The van der Waals surface area contributed by atoms with Gasteiger partial charge < -0.3 is 10.0 Å². The molecule has 0 spiro atoms. The average molecular weight is 240 g/mol. The Balaban J connectivity index is 2.24. The molecule has 0 saturated heterocycles. The van der Waals surface area contributed by atoms with E-state index in [1.165, 1.54) is 11.3 Å². The molecule has 0 aromatic heterocycles. The van der Waals surface area contributed by atoms with Gasteiger partial charge in [0.15, 0.2) is 0 Å². The van der Waals surface area contributed by atoms with E-state index < -0.39 is 5.60 Å². The van der Waals surface area contributed by atoms with E-state index in [0.717, 1.165) is 17.9 Å². The number of anilines is 1. The fourth-order valence-electron chi connectivity index (χ4n) is 2.43. The Bertz CT molecular complexity index is 397. The topological polar surface area (TPSA) is 23.5 Å². The number of hydrogen-bond acceptors (Lipinski definition) is 2. The van der Waals surface area contributed by atoms with Crippen LogP contribution in [0.1, 0.15) is 25.8 Å². The molecule has 1 aromatic rings. The van der Waals surface area contributed by atoms with Crippen molar-refractivity contribution in [3.63, 3.8) is 0 Å². The minimum absolute atomic E-state index is 0.342. The van der Waals surface area contributed by atoms with Gasteiger partial charge in [-0.25, -0.2) is 0 Å². The van der Waals surface area contributed by atoms with E-state index in [0.29, 0.717) is 6.04 Å². The molecule has 1 atom stereocenters. The highest BCUT2D eigenvalue weighted by Gasteiger charge is 2.31. The zero-order valence-corrected chi connectivity index (χ0v) is 10.8. The second-order valence-electron chi connectivity index (χ2n) is 5.22. The van der Waals surface area contributed by atoms with E-state index in [9.17, 15) is 5.11 Å². The number of fused-ring (bicyclic) bond motifs is 1. The summed E-state index contributed by atoms with van der Waals surface area (Å²) in [6.07, 6.45) is 1.68. The maximum Gasteiger partial charge on any atom is 0.0611 e. The zero-order chi connectivity index (χ0) is 11.9. The van der Waals surface area contributed by atoms with Gasteiger partial charge in [0.05, 0.1) is 5.60 Å². The summed E-state index contributed by atoms with van der Waals surface area (Å²) in [6, 6.07) is 6.34. The first-order valence-electron chi connectivity index (χ1n) is 5.61. The van der Waals surface area contributed by atoms with E-state index in [-0.39, 0.29) is 0 Å². The predicted octanol–water partition coefficient (Wildman–Crippen LogP) is 2.86. The van der Waals surface area contributed by atoms with Crippen LogP contribution < -0.4 is 4.90 Å². The number of likely N-dealkylation sites (N-methyl/N-ethyl adjacent to an activating group) is 1. The van der Waals surface area contributed by atoms with E-state index in [1.54, 1.807) is 0 Å². The summed E-state index contributed by atoms with van der Waals surface area (Å²) in [5.41, 5.74) is 1.77. The third kappa shape index (κ3) is 2.18. The summed E-state index contributed by atoms with van der Waals surface area (Å²) >= 11 is 6.18. The predicted molar refractivity (Wildman–Crippen MR) is 68.3 cm³/mol. The molecule has 1 aliphatic heterocycles. The summed E-state index contributed by atoms with van der Waals surface area (Å²) < 4.78 is 0. The average Bonchev–Trinajstić information content (AvgIpc) is 2.44. The third-order valence-corrected chi connectivity index (χ3v) is 3.55. The number of rotatable bonds is 2. The molecule has 0 amide bonds. The lowest BCUT2D eigenvalue weighted by molar-refractivity contribution is 0.0639. The molecule has 2 rings (SSSR count). The normalized spacial score (nSPS) is 20.1. The minimum atomic E-state index is -0.632. The Morgan fingerprint density at radius 3 is 2.75 bits per heavy atom. The first kappa shape index (κ1) is 11.7. The molecule has 3 heteroatoms. The van der Waals surface area contributed by atoms with Gasteiger partial charge >= 0.3 is 0 Å². The number of aliphatic hydroxyl groups is 1. The fraction of sp³-hybridized carbons (Fsp3) is 0.538. The summed E-state index contributed by atoms with van der Waals surface area (Å²) in [5, 5.41) is 10.7. The van der Waals surface area contributed by atoms with Gasteiger partial charge in [0.25, 0.3) is 0 Å². The van der Waals surface area contributed by atoms with Crippen molar-refractivity contribution in [2.45, 2.75) is 38.3 Å². The van der Waals surface area contributed by atoms with Crippen LogP contribution in [-0.2, 0) is 6.42 Å². The van der Waals surface area contributed by atoms with Crippen molar-refractivity contribution in [1.82, 2.24) is 0 Å². The highest BCUT2D eigenvalue weighted by atomic mass is 35.5. The van der Waals surface area contributed by atoms with Crippen molar-refractivity contribution < 1.29 is 5.11 Å². The maximum atomic E-state index is 9.88. The molecule has 1 heterocycles. The van der Waals surface area contributed by atoms with Crippen molar-refractivity contribution in [1.29, 1.82) is 0 Å². The smallest absolute Gasteiger partial charge is 0.0611 e. The van der Waals surface area contributed by atoms with Gasteiger partial charge in [-0.3, -0.25) is 0 Å². The summed E-state index contributed by atoms with van der Waals surface area (Å²) in [4.78, 5) is 2.22. The number of hydrogen-bond donors (Lipinski definition) is 1. The van der Waals surface area contributed by atoms with Crippen LogP contribution in [0.2, 0.25) is 5.02 Å². The van der Waals surface area contributed by atoms with Crippen LogP contribution in [0.25, 0.3) is 0 Å². The molecule has 0 radical (unpaired) electrons. The summed E-state index contributed by atoms with van der Waals surface area (Å²) in [7, 11) is 2.07. The zero-order valence-electron chi connectivity index (χ0n) is 10.00. The van der Waals surface area contributed by atoms with E-state index in [1.807, 2.05) is 26.0 Å². The largest absolute Gasteiger partial charge is 0.390 e. The Kier molecular flexibility index (Phi) is 2.89. The van der Waals surface area contributed by atoms with Gasteiger partial charge in [-0.2, -0.15) is 0 Å². The standard InChI is InChI=1S/C13H18ClNO/c1-13(2,16)8-9-7-10-11(14)5-4-6-12(10)15(9)3/h4-6,9,16H,7-8H2,1-3H3. The van der Waals surface area contributed by atoms with Crippen molar-refractivity contribution in [3.8, 4) is 0 Å². The molecule has 0 saturated carbocycles. The first-order valence-corrected chi connectivity index (χ1v) is 5.99. The molecule has 1 N–H and O–H groups in total. The van der Waals surface area contributed by atoms with Gasteiger partial charge in [-0.15, -0.1) is 0 Å². The van der Waals surface area contributed by atoms with Crippen molar-refractivity contribution >= 4 is 17.3 Å². The Morgan fingerprint density at radius 2 is 2.19 bits per heavy atom. The van der Waals surface area contributed by atoms with E-state index in [2.05, 4.69) is 18.0 Å². The molecule has 0 bridgehead atoms. The maximum absolute atomic E-state index is 9.88. The fourth-order valence-corrected chi connectivity index (χ4v) is 2.68. The highest BCUT2D eigenvalue weighted by molar-refractivity contribution is 6.31. The Hall–Kier alpha value is -0.730.